The Morgan fingerprint density at radius 2 is 1.86 bits per heavy atom. The highest BCUT2D eigenvalue weighted by atomic mass is 16.5. The molecule has 3 nitrogen and oxygen atoms in total. The van der Waals surface area contributed by atoms with Crippen molar-refractivity contribution in [1.29, 1.82) is 0 Å². The van der Waals surface area contributed by atoms with Gasteiger partial charge in [0.1, 0.15) is 5.76 Å². The summed E-state index contributed by atoms with van der Waals surface area (Å²) in [6, 6.07) is 10.7. The zero-order valence-electron chi connectivity index (χ0n) is 17.6. The molecule has 0 aromatic heterocycles. The van der Waals surface area contributed by atoms with E-state index < -0.39 is 5.41 Å². The van der Waals surface area contributed by atoms with Gasteiger partial charge in [0.05, 0.1) is 19.6 Å². The summed E-state index contributed by atoms with van der Waals surface area (Å²) in [5.41, 5.74) is 3.93. The number of ether oxygens (including phenoxy) is 2. The Bertz CT molecular complexity index is 821. The first-order valence-corrected chi connectivity index (χ1v) is 10.6. The van der Waals surface area contributed by atoms with Crippen molar-refractivity contribution in [3.8, 4) is 0 Å². The standard InChI is InChI=1S/C25H32O3/c1-24-13-8-14-25(2,23(26)28-4)22(24)12-11-18-15-19(17-9-6-5-7-10-17)21(27-3)16-20(18)24/h5-7,9-10,16,19,22H,8,11-15H2,1-4H3/t19-,22+,24+,25-/m0/s1. The molecule has 1 aromatic rings. The molecular weight excluding hydrogens is 348 g/mol. The summed E-state index contributed by atoms with van der Waals surface area (Å²) in [7, 11) is 3.32. The molecule has 150 valence electrons. The van der Waals surface area contributed by atoms with Gasteiger partial charge in [0.15, 0.2) is 0 Å². The average Bonchev–Trinajstić information content (AvgIpc) is 2.72. The van der Waals surface area contributed by atoms with Gasteiger partial charge >= 0.3 is 5.97 Å². The van der Waals surface area contributed by atoms with Gasteiger partial charge in [-0.05, 0) is 67.6 Å². The van der Waals surface area contributed by atoms with Crippen LogP contribution in [0, 0.1) is 16.7 Å². The molecule has 0 spiro atoms. The number of hydrogen-bond donors (Lipinski definition) is 0. The quantitative estimate of drug-likeness (QED) is 0.624. The van der Waals surface area contributed by atoms with Crippen LogP contribution in [0.15, 0.2) is 53.3 Å². The highest BCUT2D eigenvalue weighted by molar-refractivity contribution is 5.77. The Kier molecular flexibility index (Phi) is 4.89. The number of carbonyl (C=O) groups excluding carboxylic acids is 1. The molecule has 4 rings (SSSR count). The van der Waals surface area contributed by atoms with Crippen molar-refractivity contribution in [3.63, 3.8) is 0 Å². The molecule has 4 atom stereocenters. The number of methoxy groups -OCH3 is 2. The van der Waals surface area contributed by atoms with Crippen LogP contribution in [0.4, 0.5) is 0 Å². The molecular formula is C25H32O3. The second-order valence-corrected chi connectivity index (χ2v) is 9.21. The number of hydrogen-bond acceptors (Lipinski definition) is 3. The van der Waals surface area contributed by atoms with Crippen molar-refractivity contribution < 1.29 is 14.3 Å². The van der Waals surface area contributed by atoms with Crippen LogP contribution < -0.4 is 0 Å². The highest BCUT2D eigenvalue weighted by Crippen LogP contribution is 2.62. The number of rotatable bonds is 3. The van der Waals surface area contributed by atoms with Gasteiger partial charge in [-0.15, -0.1) is 0 Å². The van der Waals surface area contributed by atoms with Gasteiger partial charge in [-0.2, -0.15) is 0 Å². The minimum absolute atomic E-state index is 0.0141. The SMILES string of the molecule is COC(=O)[C@@]1(C)CCC[C@]2(C)C3=C(CC[C@@H]12)C[C@@H](c1ccccc1)C(OC)=C3. The van der Waals surface area contributed by atoms with Crippen LogP contribution in [0.25, 0.3) is 0 Å². The highest BCUT2D eigenvalue weighted by Gasteiger charge is 2.56. The van der Waals surface area contributed by atoms with E-state index >= 15 is 0 Å². The van der Waals surface area contributed by atoms with Crippen molar-refractivity contribution in [2.24, 2.45) is 16.7 Å². The monoisotopic (exact) mass is 380 g/mol. The van der Waals surface area contributed by atoms with Gasteiger partial charge in [-0.3, -0.25) is 4.79 Å². The van der Waals surface area contributed by atoms with Crippen LogP contribution in [0.2, 0.25) is 0 Å². The first kappa shape index (κ1) is 19.3. The van der Waals surface area contributed by atoms with Crippen LogP contribution in [-0.4, -0.2) is 20.2 Å². The lowest BCUT2D eigenvalue weighted by molar-refractivity contribution is -0.162. The number of fused-ring (bicyclic) bond motifs is 2. The third kappa shape index (κ3) is 2.82. The Morgan fingerprint density at radius 3 is 2.54 bits per heavy atom. The Hall–Kier alpha value is -2.03. The van der Waals surface area contributed by atoms with E-state index in [-0.39, 0.29) is 11.4 Å². The molecule has 0 aliphatic heterocycles. The van der Waals surface area contributed by atoms with Crippen molar-refractivity contribution in [2.45, 2.75) is 58.3 Å². The van der Waals surface area contributed by atoms with Gasteiger partial charge < -0.3 is 9.47 Å². The molecule has 3 aliphatic rings. The maximum Gasteiger partial charge on any atom is 0.311 e. The molecule has 0 N–H and O–H groups in total. The van der Waals surface area contributed by atoms with Gasteiger partial charge in [0, 0.05) is 5.92 Å². The van der Waals surface area contributed by atoms with Crippen LogP contribution in [0.1, 0.15) is 63.9 Å². The minimum Gasteiger partial charge on any atom is -0.500 e. The predicted molar refractivity (Wildman–Crippen MR) is 111 cm³/mol. The first-order valence-electron chi connectivity index (χ1n) is 10.6. The maximum atomic E-state index is 12.7. The average molecular weight is 381 g/mol. The molecule has 1 aromatic carbocycles. The Balaban J connectivity index is 1.74. The molecule has 0 radical (unpaired) electrons. The van der Waals surface area contributed by atoms with E-state index in [2.05, 4.69) is 50.3 Å². The molecule has 3 heteroatoms. The maximum absolute atomic E-state index is 12.7. The van der Waals surface area contributed by atoms with Gasteiger partial charge in [0.25, 0.3) is 0 Å². The van der Waals surface area contributed by atoms with Crippen LogP contribution >= 0.6 is 0 Å². The fourth-order valence-electron chi connectivity index (χ4n) is 6.41. The zero-order valence-corrected chi connectivity index (χ0v) is 17.6. The minimum atomic E-state index is -0.391. The lowest BCUT2D eigenvalue weighted by atomic mass is 9.48. The second-order valence-electron chi connectivity index (χ2n) is 9.21. The smallest absolute Gasteiger partial charge is 0.311 e. The molecule has 1 saturated carbocycles. The third-order valence-electron chi connectivity index (χ3n) is 7.83. The van der Waals surface area contributed by atoms with E-state index in [0.29, 0.717) is 11.8 Å². The van der Waals surface area contributed by atoms with Gasteiger partial charge in [-0.25, -0.2) is 0 Å². The van der Waals surface area contributed by atoms with Crippen molar-refractivity contribution in [2.75, 3.05) is 14.2 Å². The predicted octanol–water partition coefficient (Wildman–Crippen LogP) is 5.78. The van der Waals surface area contributed by atoms with E-state index in [1.54, 1.807) is 12.7 Å². The number of allylic oxidation sites excluding steroid dienone is 4. The fraction of sp³-hybridized carbons (Fsp3) is 0.560. The van der Waals surface area contributed by atoms with Crippen molar-refractivity contribution in [1.82, 2.24) is 0 Å². The number of esters is 1. The van der Waals surface area contributed by atoms with Crippen molar-refractivity contribution >= 4 is 5.97 Å². The summed E-state index contributed by atoms with van der Waals surface area (Å²) in [6.45, 7) is 4.50. The molecule has 28 heavy (non-hydrogen) atoms. The lowest BCUT2D eigenvalue weighted by Crippen LogP contribution is -2.51. The van der Waals surface area contributed by atoms with E-state index in [9.17, 15) is 4.79 Å². The van der Waals surface area contributed by atoms with Crippen LogP contribution in [-0.2, 0) is 14.3 Å². The molecule has 1 fully saturated rings. The normalized spacial score (nSPS) is 34.8. The van der Waals surface area contributed by atoms with E-state index in [1.807, 2.05) is 0 Å². The second kappa shape index (κ2) is 7.09. The Labute approximate surface area is 168 Å². The third-order valence-corrected chi connectivity index (χ3v) is 7.83. The molecule has 0 saturated heterocycles. The van der Waals surface area contributed by atoms with E-state index in [4.69, 9.17) is 9.47 Å². The zero-order chi connectivity index (χ0) is 19.9. The van der Waals surface area contributed by atoms with Crippen molar-refractivity contribution in [3.05, 3.63) is 58.9 Å². The van der Waals surface area contributed by atoms with Crippen LogP contribution in [0.3, 0.4) is 0 Å². The molecule has 0 amide bonds. The molecule has 0 bridgehead atoms. The molecule has 0 heterocycles. The summed E-state index contributed by atoms with van der Waals surface area (Å²) in [5.74, 6) is 1.63. The van der Waals surface area contributed by atoms with E-state index in [1.165, 1.54) is 18.2 Å². The lowest BCUT2D eigenvalue weighted by Gasteiger charge is -2.55. The number of benzene rings is 1. The van der Waals surface area contributed by atoms with Crippen LogP contribution in [0.5, 0.6) is 0 Å². The molecule has 3 aliphatic carbocycles. The molecule has 0 unspecified atom stereocenters. The van der Waals surface area contributed by atoms with Gasteiger partial charge in [0.2, 0.25) is 0 Å². The fourth-order valence-corrected chi connectivity index (χ4v) is 6.41. The van der Waals surface area contributed by atoms with E-state index in [0.717, 1.165) is 44.3 Å². The van der Waals surface area contributed by atoms with Gasteiger partial charge in [-0.1, -0.05) is 49.2 Å². The summed E-state index contributed by atoms with van der Waals surface area (Å²) in [6.07, 6.45) is 8.59. The number of carbonyl (C=O) groups is 1. The topological polar surface area (TPSA) is 35.5 Å². The summed E-state index contributed by atoms with van der Waals surface area (Å²) < 4.78 is 11.1. The summed E-state index contributed by atoms with van der Waals surface area (Å²) in [4.78, 5) is 12.7. The summed E-state index contributed by atoms with van der Waals surface area (Å²) >= 11 is 0. The summed E-state index contributed by atoms with van der Waals surface area (Å²) in [5, 5.41) is 0. The first-order chi connectivity index (χ1) is 13.4. The Morgan fingerprint density at radius 1 is 1.11 bits per heavy atom. The largest absolute Gasteiger partial charge is 0.500 e.